The molecule has 0 saturated carbocycles. The summed E-state index contributed by atoms with van der Waals surface area (Å²) in [6.45, 7) is 4.16. The van der Waals surface area contributed by atoms with E-state index in [0.717, 1.165) is 13.1 Å². The van der Waals surface area contributed by atoms with Crippen LogP contribution in [0.5, 0.6) is 0 Å². The molecule has 2 aliphatic heterocycles. The first-order chi connectivity index (χ1) is 11.1. The van der Waals surface area contributed by atoms with Gasteiger partial charge in [0.05, 0.1) is 31.1 Å². The van der Waals surface area contributed by atoms with Crippen LogP contribution in [0, 0.1) is 5.82 Å². The summed E-state index contributed by atoms with van der Waals surface area (Å²) < 4.78 is 19.4. The molecule has 0 aromatic heterocycles. The third kappa shape index (κ3) is 3.07. The Labute approximate surface area is 133 Å². The maximum atomic E-state index is 14.4. The quantitative estimate of drug-likeness (QED) is 0.903. The predicted molar refractivity (Wildman–Crippen MR) is 84.2 cm³/mol. The monoisotopic (exact) mass is 322 g/mol. The van der Waals surface area contributed by atoms with Gasteiger partial charge in [-0.25, -0.2) is 9.18 Å². The van der Waals surface area contributed by atoms with Crippen molar-refractivity contribution in [1.29, 1.82) is 0 Å². The van der Waals surface area contributed by atoms with Crippen LogP contribution < -0.4 is 9.80 Å². The summed E-state index contributed by atoms with van der Waals surface area (Å²) in [7, 11) is 0. The smallest absolute Gasteiger partial charge is 0.414 e. The maximum Gasteiger partial charge on any atom is 0.414 e. The van der Waals surface area contributed by atoms with Crippen LogP contribution in [0.15, 0.2) is 23.3 Å². The minimum absolute atomic E-state index is 0.213. The van der Waals surface area contributed by atoms with E-state index in [-0.39, 0.29) is 13.2 Å². The van der Waals surface area contributed by atoms with Crippen LogP contribution >= 0.6 is 0 Å². The molecule has 1 atom stereocenters. The van der Waals surface area contributed by atoms with Crippen LogP contribution in [0.3, 0.4) is 0 Å². The standard InChI is InChI=1S/C15H19FN4O3/c1-2-19-6-5-18(10-17-19)14-4-3-11(7-13(14)16)20-8-12(9-21)23-15(20)22/h3-4,7,10,12,21H,2,5-6,8-9H2,1H3. The minimum atomic E-state index is -0.575. The molecule has 0 bridgehead atoms. The van der Waals surface area contributed by atoms with Gasteiger partial charge in [-0.1, -0.05) is 0 Å². The summed E-state index contributed by atoms with van der Waals surface area (Å²) in [6, 6.07) is 4.59. The molecule has 1 unspecified atom stereocenters. The first-order valence-corrected chi connectivity index (χ1v) is 7.56. The van der Waals surface area contributed by atoms with Gasteiger partial charge in [-0.05, 0) is 25.1 Å². The molecule has 1 aromatic rings. The Bertz CT molecular complexity index is 625. The van der Waals surface area contributed by atoms with E-state index in [0.29, 0.717) is 17.9 Å². The number of ether oxygens (including phenoxy) is 1. The van der Waals surface area contributed by atoms with Gasteiger partial charge >= 0.3 is 6.09 Å². The number of hydrogen-bond acceptors (Lipinski definition) is 6. The van der Waals surface area contributed by atoms with Crippen LogP contribution in [0.25, 0.3) is 0 Å². The molecule has 0 radical (unpaired) electrons. The second-order valence-corrected chi connectivity index (χ2v) is 5.41. The Morgan fingerprint density at radius 2 is 2.26 bits per heavy atom. The lowest BCUT2D eigenvalue weighted by Gasteiger charge is -2.29. The molecule has 0 spiro atoms. The number of benzene rings is 1. The Balaban J connectivity index is 1.78. The Hall–Kier alpha value is -2.35. The molecular formula is C15H19FN4O3. The van der Waals surface area contributed by atoms with Crippen molar-refractivity contribution in [2.45, 2.75) is 13.0 Å². The van der Waals surface area contributed by atoms with Gasteiger partial charge in [0.25, 0.3) is 0 Å². The van der Waals surface area contributed by atoms with Crippen molar-refractivity contribution < 1.29 is 19.0 Å². The third-order valence-electron chi connectivity index (χ3n) is 3.95. The molecular weight excluding hydrogens is 303 g/mol. The number of hydrazone groups is 1. The van der Waals surface area contributed by atoms with Gasteiger partial charge in [-0.3, -0.25) is 9.91 Å². The molecule has 0 aliphatic carbocycles. The van der Waals surface area contributed by atoms with Crippen molar-refractivity contribution in [3.05, 3.63) is 24.0 Å². The lowest BCUT2D eigenvalue weighted by Crippen LogP contribution is -2.38. The topological polar surface area (TPSA) is 68.6 Å². The summed E-state index contributed by atoms with van der Waals surface area (Å²) in [5.41, 5.74) is 0.829. The fraction of sp³-hybridized carbons (Fsp3) is 0.467. The number of carbonyl (C=O) groups excluding carboxylic acids is 1. The first-order valence-electron chi connectivity index (χ1n) is 7.56. The summed E-state index contributed by atoms with van der Waals surface area (Å²) >= 11 is 0. The fourth-order valence-corrected chi connectivity index (χ4v) is 2.62. The van der Waals surface area contributed by atoms with Crippen molar-refractivity contribution in [3.8, 4) is 0 Å². The van der Waals surface area contributed by atoms with E-state index in [1.54, 1.807) is 23.4 Å². The number of halogens is 1. The number of anilines is 2. The lowest BCUT2D eigenvalue weighted by molar-refractivity contribution is 0.0963. The maximum absolute atomic E-state index is 14.4. The highest BCUT2D eigenvalue weighted by atomic mass is 19.1. The van der Waals surface area contributed by atoms with Gasteiger partial charge in [0.15, 0.2) is 0 Å². The Morgan fingerprint density at radius 1 is 1.43 bits per heavy atom. The van der Waals surface area contributed by atoms with Gasteiger partial charge in [0.2, 0.25) is 0 Å². The summed E-state index contributed by atoms with van der Waals surface area (Å²) in [5, 5.41) is 15.2. The molecule has 1 aromatic carbocycles. The predicted octanol–water partition coefficient (Wildman–Crippen LogP) is 1.23. The largest absolute Gasteiger partial charge is 0.441 e. The number of carbonyl (C=O) groups is 1. The highest BCUT2D eigenvalue weighted by Crippen LogP contribution is 2.28. The second-order valence-electron chi connectivity index (χ2n) is 5.41. The van der Waals surface area contributed by atoms with Crippen molar-refractivity contribution in [2.24, 2.45) is 5.10 Å². The number of aliphatic hydroxyl groups is 1. The van der Waals surface area contributed by atoms with Gasteiger partial charge in [0.1, 0.15) is 18.3 Å². The van der Waals surface area contributed by atoms with E-state index in [2.05, 4.69) is 5.10 Å². The highest BCUT2D eigenvalue weighted by molar-refractivity contribution is 5.90. The highest BCUT2D eigenvalue weighted by Gasteiger charge is 2.32. The van der Waals surface area contributed by atoms with Crippen molar-refractivity contribution in [3.63, 3.8) is 0 Å². The molecule has 8 heteroatoms. The number of hydrogen-bond donors (Lipinski definition) is 1. The van der Waals surface area contributed by atoms with Crippen LogP contribution in [0.4, 0.5) is 20.6 Å². The van der Waals surface area contributed by atoms with E-state index in [1.807, 2.05) is 11.9 Å². The minimum Gasteiger partial charge on any atom is -0.441 e. The molecule has 2 aliphatic rings. The van der Waals surface area contributed by atoms with Gasteiger partial charge < -0.3 is 14.7 Å². The van der Waals surface area contributed by atoms with Crippen LogP contribution in [-0.4, -0.2) is 61.4 Å². The molecule has 3 rings (SSSR count). The van der Waals surface area contributed by atoms with E-state index in [4.69, 9.17) is 9.84 Å². The van der Waals surface area contributed by atoms with Gasteiger partial charge in [0, 0.05) is 13.1 Å². The summed E-state index contributed by atoms with van der Waals surface area (Å²) in [5.74, 6) is -0.431. The van der Waals surface area contributed by atoms with E-state index < -0.39 is 18.0 Å². The molecule has 7 nitrogen and oxygen atoms in total. The lowest BCUT2D eigenvalue weighted by atomic mass is 10.2. The average molecular weight is 322 g/mol. The SMILES string of the molecule is CCN1CCN(c2ccc(N3CC(CO)OC3=O)cc2F)C=N1. The first kappa shape index (κ1) is 15.5. The third-order valence-corrected chi connectivity index (χ3v) is 3.95. The zero-order chi connectivity index (χ0) is 16.4. The van der Waals surface area contributed by atoms with Gasteiger partial charge in [-0.15, -0.1) is 0 Å². The Kier molecular flexibility index (Phi) is 4.33. The molecule has 23 heavy (non-hydrogen) atoms. The Morgan fingerprint density at radius 3 is 2.83 bits per heavy atom. The average Bonchev–Trinajstić information content (AvgIpc) is 2.96. The van der Waals surface area contributed by atoms with Crippen LogP contribution in [0.2, 0.25) is 0 Å². The summed E-state index contributed by atoms with van der Waals surface area (Å²) in [6.07, 6.45) is 0.464. The van der Waals surface area contributed by atoms with Gasteiger partial charge in [-0.2, -0.15) is 5.10 Å². The molecule has 1 fully saturated rings. The molecule has 1 saturated heterocycles. The number of likely N-dealkylation sites (N-methyl/N-ethyl adjacent to an activating group) is 1. The van der Waals surface area contributed by atoms with Crippen LogP contribution in [0.1, 0.15) is 6.92 Å². The zero-order valence-electron chi connectivity index (χ0n) is 12.9. The van der Waals surface area contributed by atoms with Crippen molar-refractivity contribution in [1.82, 2.24) is 5.01 Å². The zero-order valence-corrected chi connectivity index (χ0v) is 12.9. The number of rotatable bonds is 4. The fourth-order valence-electron chi connectivity index (χ4n) is 2.62. The van der Waals surface area contributed by atoms with Crippen LogP contribution in [-0.2, 0) is 4.74 Å². The summed E-state index contributed by atoms with van der Waals surface area (Å²) in [4.78, 5) is 14.8. The molecule has 1 N–H and O–H groups in total. The molecule has 1 amide bonds. The van der Waals surface area contributed by atoms with E-state index >= 15 is 0 Å². The number of aliphatic hydroxyl groups excluding tert-OH is 1. The van der Waals surface area contributed by atoms with E-state index in [1.165, 1.54) is 11.0 Å². The van der Waals surface area contributed by atoms with Crippen molar-refractivity contribution in [2.75, 3.05) is 42.6 Å². The molecule has 2 heterocycles. The van der Waals surface area contributed by atoms with Crippen molar-refractivity contribution >= 4 is 23.8 Å². The number of cyclic esters (lactones) is 1. The molecule has 124 valence electrons. The number of nitrogens with zero attached hydrogens (tertiary/aromatic N) is 4. The van der Waals surface area contributed by atoms with E-state index in [9.17, 15) is 9.18 Å². The normalized spacial score (nSPS) is 21.1. The number of amides is 1. The second kappa shape index (κ2) is 6.41.